The van der Waals surface area contributed by atoms with Crippen molar-refractivity contribution >= 4 is 18.7 Å². The monoisotopic (exact) mass is 263 g/mol. The maximum atomic E-state index is 10.4. The van der Waals surface area contributed by atoms with Crippen molar-refractivity contribution in [1.82, 2.24) is 0 Å². The first kappa shape index (κ1) is 14.7. The van der Waals surface area contributed by atoms with E-state index < -0.39 is 0 Å². The van der Waals surface area contributed by atoms with Crippen molar-refractivity contribution in [2.24, 2.45) is 15.7 Å². The van der Waals surface area contributed by atoms with Gasteiger partial charge in [0.2, 0.25) is 5.91 Å². The molecule has 2 N–H and O–H groups in total. The number of benzene rings is 1. The summed E-state index contributed by atoms with van der Waals surface area (Å²) in [6.45, 7) is 3.25. The van der Waals surface area contributed by atoms with E-state index in [2.05, 4.69) is 19.5 Å². The third kappa shape index (κ3) is 7.54. The molecule has 1 amide bonds. The van der Waals surface area contributed by atoms with Gasteiger partial charge >= 0.3 is 0 Å². The Balaban J connectivity index is 0.000000153. The second-order valence-electron chi connectivity index (χ2n) is 3.50. The van der Waals surface area contributed by atoms with Gasteiger partial charge in [0.05, 0.1) is 13.1 Å². The van der Waals surface area contributed by atoms with E-state index in [0.29, 0.717) is 5.56 Å². The van der Waals surface area contributed by atoms with Gasteiger partial charge in [-0.25, -0.2) is 0 Å². The molecule has 0 radical (unpaired) electrons. The zero-order valence-corrected chi connectivity index (χ0v) is 10.6. The summed E-state index contributed by atoms with van der Waals surface area (Å²) in [5, 5.41) is 0. The predicted molar refractivity (Wildman–Crippen MR) is 73.6 cm³/mol. The van der Waals surface area contributed by atoms with E-state index in [0.717, 1.165) is 26.3 Å². The van der Waals surface area contributed by atoms with Gasteiger partial charge in [-0.1, -0.05) is 18.2 Å². The highest BCUT2D eigenvalue weighted by molar-refractivity contribution is 5.92. The fourth-order valence-electron chi connectivity index (χ4n) is 1.13. The average Bonchev–Trinajstić information content (AvgIpc) is 3.18. The largest absolute Gasteiger partial charge is 0.482 e. The standard InChI is InChI=1S/C7H7NO.2C3H5NO/c8-7(9)6-4-2-1-3-5-6;2*1-2-5-3-4-1/h1-5H,(H2,8,9);2*3H,1-2H2. The number of carbonyl (C=O) groups excluding carboxylic acids is 1. The highest BCUT2D eigenvalue weighted by atomic mass is 16.5. The number of nitrogens with zero attached hydrogens (tertiary/aromatic N) is 2. The Morgan fingerprint density at radius 3 is 1.74 bits per heavy atom. The van der Waals surface area contributed by atoms with Crippen LogP contribution in [0.25, 0.3) is 0 Å². The summed E-state index contributed by atoms with van der Waals surface area (Å²) in [5.41, 5.74) is 5.53. The smallest absolute Gasteiger partial charge is 0.248 e. The van der Waals surface area contributed by atoms with Crippen LogP contribution in [0.2, 0.25) is 0 Å². The van der Waals surface area contributed by atoms with Crippen LogP contribution in [-0.2, 0) is 9.47 Å². The molecule has 0 spiro atoms. The molecule has 0 bridgehead atoms. The predicted octanol–water partition coefficient (Wildman–Crippen LogP) is 0.875. The molecular formula is C13H17N3O3. The van der Waals surface area contributed by atoms with E-state index in [1.54, 1.807) is 24.3 Å². The lowest BCUT2D eigenvalue weighted by atomic mass is 10.2. The van der Waals surface area contributed by atoms with Crippen molar-refractivity contribution in [3.05, 3.63) is 35.9 Å². The molecule has 2 aliphatic heterocycles. The number of rotatable bonds is 1. The Morgan fingerprint density at radius 1 is 1.00 bits per heavy atom. The quantitative estimate of drug-likeness (QED) is 0.815. The SMILES string of the molecule is C1=NCCO1.C1=NCCO1.NC(=O)c1ccccc1. The summed E-state index contributed by atoms with van der Waals surface area (Å²) in [5.74, 6) is -0.379. The van der Waals surface area contributed by atoms with Gasteiger partial charge in [-0.3, -0.25) is 14.8 Å². The van der Waals surface area contributed by atoms with E-state index in [4.69, 9.17) is 5.73 Å². The number of amides is 1. The lowest BCUT2D eigenvalue weighted by molar-refractivity contribution is 0.100. The molecule has 2 aliphatic rings. The maximum absolute atomic E-state index is 10.4. The second kappa shape index (κ2) is 9.64. The fourth-order valence-corrected chi connectivity index (χ4v) is 1.13. The first-order valence-electron chi connectivity index (χ1n) is 5.85. The van der Waals surface area contributed by atoms with Crippen LogP contribution in [0.1, 0.15) is 10.4 Å². The number of hydrogen-bond donors (Lipinski definition) is 1. The highest BCUT2D eigenvalue weighted by Crippen LogP contribution is 1.94. The summed E-state index contributed by atoms with van der Waals surface area (Å²) < 4.78 is 9.31. The molecule has 0 aromatic heterocycles. The number of aliphatic imine (C=N–C) groups is 2. The van der Waals surface area contributed by atoms with Gasteiger partial charge in [0.1, 0.15) is 13.2 Å². The number of nitrogens with two attached hydrogens (primary N) is 1. The molecule has 19 heavy (non-hydrogen) atoms. The van der Waals surface area contributed by atoms with Crippen LogP contribution in [-0.4, -0.2) is 45.0 Å². The van der Waals surface area contributed by atoms with Crippen molar-refractivity contribution in [2.45, 2.75) is 0 Å². The van der Waals surface area contributed by atoms with Crippen molar-refractivity contribution in [3.8, 4) is 0 Å². The second-order valence-corrected chi connectivity index (χ2v) is 3.50. The molecule has 2 heterocycles. The first-order chi connectivity index (χ1) is 9.30. The van der Waals surface area contributed by atoms with E-state index in [9.17, 15) is 4.79 Å². The number of primary amides is 1. The number of hydrogen-bond acceptors (Lipinski definition) is 5. The number of carbonyl (C=O) groups is 1. The normalized spacial score (nSPS) is 14.3. The highest BCUT2D eigenvalue weighted by Gasteiger charge is 1.93. The summed E-state index contributed by atoms with van der Waals surface area (Å²) in [6.07, 6.45) is 2.97. The molecule has 6 heteroatoms. The average molecular weight is 263 g/mol. The molecule has 0 fully saturated rings. The molecular weight excluding hydrogens is 246 g/mol. The van der Waals surface area contributed by atoms with E-state index >= 15 is 0 Å². The van der Waals surface area contributed by atoms with E-state index in [1.807, 2.05) is 6.07 Å². The molecule has 6 nitrogen and oxygen atoms in total. The molecule has 1 aromatic rings. The minimum absolute atomic E-state index is 0.379. The summed E-state index contributed by atoms with van der Waals surface area (Å²) in [7, 11) is 0. The van der Waals surface area contributed by atoms with Crippen molar-refractivity contribution in [1.29, 1.82) is 0 Å². The first-order valence-corrected chi connectivity index (χ1v) is 5.85. The molecule has 0 aliphatic carbocycles. The van der Waals surface area contributed by atoms with Crippen molar-refractivity contribution < 1.29 is 14.3 Å². The molecule has 3 rings (SSSR count). The van der Waals surface area contributed by atoms with Crippen molar-refractivity contribution in [3.63, 3.8) is 0 Å². The maximum Gasteiger partial charge on any atom is 0.248 e. The summed E-state index contributed by atoms with van der Waals surface area (Å²) in [6, 6.07) is 8.76. The molecule has 102 valence electrons. The van der Waals surface area contributed by atoms with Gasteiger partial charge in [-0.15, -0.1) is 0 Å². The molecule has 0 saturated carbocycles. The zero-order chi connectivity index (χ0) is 13.8. The van der Waals surface area contributed by atoms with Crippen LogP contribution in [0, 0.1) is 0 Å². The van der Waals surface area contributed by atoms with Gasteiger partial charge < -0.3 is 15.2 Å². The minimum atomic E-state index is -0.379. The van der Waals surface area contributed by atoms with Crippen LogP contribution >= 0.6 is 0 Å². The third-order valence-electron chi connectivity index (χ3n) is 2.03. The van der Waals surface area contributed by atoms with E-state index in [1.165, 1.54) is 12.8 Å². The Morgan fingerprint density at radius 2 is 1.53 bits per heavy atom. The topological polar surface area (TPSA) is 86.3 Å². The van der Waals surface area contributed by atoms with Crippen LogP contribution in [0.5, 0.6) is 0 Å². The lowest BCUT2D eigenvalue weighted by Crippen LogP contribution is -2.09. The van der Waals surface area contributed by atoms with Gasteiger partial charge in [0.15, 0.2) is 12.8 Å². The third-order valence-corrected chi connectivity index (χ3v) is 2.03. The Bertz CT molecular complexity index is 390. The van der Waals surface area contributed by atoms with Gasteiger partial charge in [-0.2, -0.15) is 0 Å². The van der Waals surface area contributed by atoms with Crippen LogP contribution in [0.4, 0.5) is 0 Å². The Hall–Kier alpha value is -2.37. The Kier molecular flexibility index (Phi) is 7.45. The lowest BCUT2D eigenvalue weighted by Gasteiger charge is -1.89. The van der Waals surface area contributed by atoms with Gasteiger partial charge in [0, 0.05) is 5.56 Å². The molecule has 0 unspecified atom stereocenters. The van der Waals surface area contributed by atoms with Crippen molar-refractivity contribution in [2.75, 3.05) is 26.3 Å². The van der Waals surface area contributed by atoms with Crippen LogP contribution in [0.3, 0.4) is 0 Å². The van der Waals surface area contributed by atoms with Gasteiger partial charge in [0.25, 0.3) is 0 Å². The number of ether oxygens (including phenoxy) is 2. The fraction of sp³-hybridized carbons (Fsp3) is 0.308. The van der Waals surface area contributed by atoms with Crippen LogP contribution < -0.4 is 5.73 Å². The van der Waals surface area contributed by atoms with Gasteiger partial charge in [-0.05, 0) is 12.1 Å². The summed E-state index contributed by atoms with van der Waals surface area (Å²) in [4.78, 5) is 17.9. The van der Waals surface area contributed by atoms with Crippen LogP contribution in [0.15, 0.2) is 40.3 Å². The Labute approximate surface area is 112 Å². The molecule has 0 saturated heterocycles. The minimum Gasteiger partial charge on any atom is -0.482 e. The summed E-state index contributed by atoms with van der Waals surface area (Å²) >= 11 is 0. The molecule has 0 atom stereocenters. The zero-order valence-electron chi connectivity index (χ0n) is 10.6. The van der Waals surface area contributed by atoms with E-state index in [-0.39, 0.29) is 5.91 Å². The molecule has 1 aromatic carbocycles.